The maximum absolute atomic E-state index is 12.5. The van der Waals surface area contributed by atoms with Gasteiger partial charge in [-0.25, -0.2) is 0 Å². The van der Waals surface area contributed by atoms with Crippen LogP contribution in [-0.2, 0) is 19.5 Å². The first kappa shape index (κ1) is 19.1. The molecule has 1 amide bonds. The Balaban J connectivity index is 1.36. The summed E-state index contributed by atoms with van der Waals surface area (Å²) in [7, 11) is 0. The minimum Gasteiger partial charge on any atom is -0.494 e. The number of ether oxygens (including phenoxy) is 1. The summed E-state index contributed by atoms with van der Waals surface area (Å²) >= 11 is 0. The van der Waals surface area contributed by atoms with Gasteiger partial charge in [0.2, 0.25) is 0 Å². The van der Waals surface area contributed by atoms with Crippen LogP contribution in [0.5, 0.6) is 5.75 Å². The SMILES string of the molecule is CCOc1ccccc1CNC(=O)c1ccc(CN2CCc3ccccc32)cc1. The Hall–Kier alpha value is -3.27. The van der Waals surface area contributed by atoms with Gasteiger partial charge in [-0.05, 0) is 48.7 Å². The van der Waals surface area contributed by atoms with E-state index < -0.39 is 0 Å². The van der Waals surface area contributed by atoms with Crippen LogP contribution in [0.25, 0.3) is 0 Å². The minimum atomic E-state index is -0.0747. The fraction of sp³-hybridized carbons (Fsp3) is 0.240. The molecule has 1 heterocycles. The van der Waals surface area contributed by atoms with Crippen LogP contribution < -0.4 is 15.0 Å². The second kappa shape index (κ2) is 8.82. The van der Waals surface area contributed by atoms with Crippen molar-refractivity contribution in [1.29, 1.82) is 0 Å². The molecule has 4 heteroatoms. The first-order chi connectivity index (χ1) is 14.2. The largest absolute Gasteiger partial charge is 0.494 e. The number of amides is 1. The molecule has 1 N–H and O–H groups in total. The fourth-order valence-corrected chi connectivity index (χ4v) is 3.78. The summed E-state index contributed by atoms with van der Waals surface area (Å²) in [4.78, 5) is 14.9. The van der Waals surface area contributed by atoms with E-state index in [1.165, 1.54) is 16.8 Å². The maximum atomic E-state index is 12.5. The molecule has 0 atom stereocenters. The highest BCUT2D eigenvalue weighted by atomic mass is 16.5. The lowest BCUT2D eigenvalue weighted by Gasteiger charge is -2.19. The molecule has 0 saturated heterocycles. The third-order valence-electron chi connectivity index (χ3n) is 5.28. The van der Waals surface area contributed by atoms with Crippen LogP contribution >= 0.6 is 0 Å². The van der Waals surface area contributed by atoms with E-state index in [0.717, 1.165) is 30.8 Å². The Morgan fingerprint density at radius 2 is 1.76 bits per heavy atom. The average Bonchev–Trinajstić information content (AvgIpc) is 3.16. The standard InChI is InChI=1S/C25H26N2O2/c1-2-29-24-10-6-4-8-22(24)17-26-25(28)21-13-11-19(12-14-21)18-27-16-15-20-7-3-5-9-23(20)27/h3-14H,2,15-18H2,1H3,(H,26,28). The second-order valence-electron chi connectivity index (χ2n) is 7.22. The van der Waals surface area contributed by atoms with Gasteiger partial charge >= 0.3 is 0 Å². The van der Waals surface area contributed by atoms with Gasteiger partial charge in [0.25, 0.3) is 5.91 Å². The summed E-state index contributed by atoms with van der Waals surface area (Å²) in [5, 5.41) is 2.99. The van der Waals surface area contributed by atoms with Gasteiger partial charge in [-0.3, -0.25) is 4.79 Å². The number of anilines is 1. The Labute approximate surface area is 172 Å². The summed E-state index contributed by atoms with van der Waals surface area (Å²) in [6.07, 6.45) is 1.10. The molecule has 0 unspecified atom stereocenters. The Morgan fingerprint density at radius 3 is 2.59 bits per heavy atom. The van der Waals surface area contributed by atoms with Crippen molar-refractivity contribution in [2.45, 2.75) is 26.4 Å². The maximum Gasteiger partial charge on any atom is 0.251 e. The van der Waals surface area contributed by atoms with E-state index in [0.29, 0.717) is 18.7 Å². The molecule has 0 spiro atoms. The molecule has 1 aliphatic rings. The number of rotatable bonds is 7. The van der Waals surface area contributed by atoms with Crippen molar-refractivity contribution in [3.63, 3.8) is 0 Å². The number of carbonyl (C=O) groups is 1. The fourth-order valence-electron chi connectivity index (χ4n) is 3.78. The highest BCUT2D eigenvalue weighted by molar-refractivity contribution is 5.94. The molecule has 0 bridgehead atoms. The normalized spacial score (nSPS) is 12.5. The zero-order valence-corrected chi connectivity index (χ0v) is 16.7. The number of nitrogens with one attached hydrogen (secondary N) is 1. The summed E-state index contributed by atoms with van der Waals surface area (Å²) in [5.41, 5.74) is 5.59. The first-order valence-electron chi connectivity index (χ1n) is 10.2. The highest BCUT2D eigenvalue weighted by Gasteiger charge is 2.18. The zero-order chi connectivity index (χ0) is 20.1. The molecule has 1 aliphatic heterocycles. The molecule has 0 saturated carbocycles. The van der Waals surface area contributed by atoms with Crippen molar-refractivity contribution in [2.75, 3.05) is 18.1 Å². The number of benzene rings is 3. The van der Waals surface area contributed by atoms with E-state index in [1.54, 1.807) is 0 Å². The molecule has 0 aromatic heterocycles. The van der Waals surface area contributed by atoms with Gasteiger partial charge in [0.15, 0.2) is 0 Å². The lowest BCUT2D eigenvalue weighted by atomic mass is 10.1. The van der Waals surface area contributed by atoms with Gasteiger partial charge in [0.1, 0.15) is 5.75 Å². The zero-order valence-electron chi connectivity index (χ0n) is 16.7. The summed E-state index contributed by atoms with van der Waals surface area (Å²) in [5.74, 6) is 0.742. The monoisotopic (exact) mass is 386 g/mol. The Kier molecular flexibility index (Phi) is 5.80. The first-order valence-corrected chi connectivity index (χ1v) is 10.2. The van der Waals surface area contributed by atoms with Crippen LogP contribution in [0.15, 0.2) is 72.8 Å². The van der Waals surface area contributed by atoms with E-state index in [9.17, 15) is 4.79 Å². The topological polar surface area (TPSA) is 41.6 Å². The summed E-state index contributed by atoms with van der Waals surface area (Å²) in [6.45, 7) is 4.91. The van der Waals surface area contributed by atoms with Gasteiger partial charge in [-0.15, -0.1) is 0 Å². The van der Waals surface area contributed by atoms with Crippen LogP contribution in [0.1, 0.15) is 34.0 Å². The predicted octanol–water partition coefficient (Wildman–Crippen LogP) is 4.58. The lowest BCUT2D eigenvalue weighted by Crippen LogP contribution is -2.23. The van der Waals surface area contributed by atoms with E-state index in [4.69, 9.17) is 4.74 Å². The molecule has 0 fully saturated rings. The van der Waals surface area contributed by atoms with Crippen molar-refractivity contribution < 1.29 is 9.53 Å². The highest BCUT2D eigenvalue weighted by Crippen LogP contribution is 2.28. The lowest BCUT2D eigenvalue weighted by molar-refractivity contribution is 0.0950. The van der Waals surface area contributed by atoms with Crippen molar-refractivity contribution in [3.8, 4) is 5.75 Å². The van der Waals surface area contributed by atoms with Gasteiger partial charge in [0, 0.05) is 36.4 Å². The molecule has 148 valence electrons. The summed E-state index contributed by atoms with van der Waals surface area (Å²) < 4.78 is 5.62. The number of hydrogen-bond donors (Lipinski definition) is 1. The molecular weight excluding hydrogens is 360 g/mol. The predicted molar refractivity (Wildman–Crippen MR) is 116 cm³/mol. The van der Waals surface area contributed by atoms with Gasteiger partial charge in [0.05, 0.1) is 6.61 Å². The summed E-state index contributed by atoms with van der Waals surface area (Å²) in [6, 6.07) is 24.3. The number of carbonyl (C=O) groups excluding carboxylic acids is 1. The third-order valence-corrected chi connectivity index (χ3v) is 5.28. The van der Waals surface area contributed by atoms with Crippen LogP contribution in [0.2, 0.25) is 0 Å². The van der Waals surface area contributed by atoms with Crippen molar-refractivity contribution in [2.24, 2.45) is 0 Å². The van der Waals surface area contributed by atoms with E-state index >= 15 is 0 Å². The Morgan fingerprint density at radius 1 is 1.00 bits per heavy atom. The molecule has 29 heavy (non-hydrogen) atoms. The Bertz CT molecular complexity index is 982. The van der Waals surface area contributed by atoms with Crippen molar-refractivity contribution in [3.05, 3.63) is 95.1 Å². The van der Waals surface area contributed by atoms with E-state index in [2.05, 4.69) is 34.5 Å². The molecule has 3 aromatic carbocycles. The third kappa shape index (κ3) is 4.43. The number of nitrogens with zero attached hydrogens (tertiary/aromatic N) is 1. The minimum absolute atomic E-state index is 0.0747. The van der Waals surface area contributed by atoms with Crippen molar-refractivity contribution >= 4 is 11.6 Å². The molecule has 0 aliphatic carbocycles. The molecule has 4 rings (SSSR count). The average molecular weight is 386 g/mol. The molecular formula is C25H26N2O2. The van der Waals surface area contributed by atoms with Crippen LogP contribution in [-0.4, -0.2) is 19.1 Å². The van der Waals surface area contributed by atoms with E-state index in [1.807, 2.05) is 55.5 Å². The van der Waals surface area contributed by atoms with Crippen LogP contribution in [0.3, 0.4) is 0 Å². The molecule has 4 nitrogen and oxygen atoms in total. The van der Waals surface area contributed by atoms with Crippen LogP contribution in [0.4, 0.5) is 5.69 Å². The second-order valence-corrected chi connectivity index (χ2v) is 7.22. The molecule has 3 aromatic rings. The quantitative estimate of drug-likeness (QED) is 0.646. The number of para-hydroxylation sites is 2. The van der Waals surface area contributed by atoms with Gasteiger partial charge in [-0.2, -0.15) is 0 Å². The smallest absolute Gasteiger partial charge is 0.251 e. The van der Waals surface area contributed by atoms with Crippen molar-refractivity contribution in [1.82, 2.24) is 5.32 Å². The van der Waals surface area contributed by atoms with Gasteiger partial charge in [-0.1, -0.05) is 48.5 Å². The number of fused-ring (bicyclic) bond motifs is 1. The van der Waals surface area contributed by atoms with Gasteiger partial charge < -0.3 is 15.0 Å². The van der Waals surface area contributed by atoms with E-state index in [-0.39, 0.29) is 5.91 Å². The number of hydrogen-bond acceptors (Lipinski definition) is 3. The molecule has 0 radical (unpaired) electrons. The van der Waals surface area contributed by atoms with Crippen LogP contribution in [0, 0.1) is 0 Å².